The molecule has 2 fully saturated rings. The van der Waals surface area contributed by atoms with Crippen LogP contribution in [0.25, 0.3) is 0 Å². The normalized spacial score (nSPS) is 21.9. The van der Waals surface area contributed by atoms with Crippen LogP contribution in [-0.4, -0.2) is 53.8 Å². The van der Waals surface area contributed by atoms with Crippen LogP contribution in [0.5, 0.6) is 0 Å². The van der Waals surface area contributed by atoms with Gasteiger partial charge in [-0.2, -0.15) is 22.6 Å². The van der Waals surface area contributed by atoms with Gasteiger partial charge in [-0.15, -0.1) is 0 Å². The van der Waals surface area contributed by atoms with E-state index in [0.29, 0.717) is 25.5 Å². The highest BCUT2D eigenvalue weighted by atomic mass is 32.2. The number of aryl methyl sites for hydroxylation is 1. The molecule has 4 rings (SSSR count). The van der Waals surface area contributed by atoms with Crippen molar-refractivity contribution in [3.05, 3.63) is 41.5 Å². The smallest absolute Gasteiger partial charge is 0.381 e. The molecule has 164 valence electrons. The molecule has 2 aromatic rings. The summed E-state index contributed by atoms with van der Waals surface area (Å²) in [6.45, 7) is 3.24. The van der Waals surface area contributed by atoms with E-state index in [0.717, 1.165) is 35.1 Å². The molecule has 0 saturated carbocycles. The van der Waals surface area contributed by atoms with Gasteiger partial charge in [-0.3, -0.25) is 0 Å². The van der Waals surface area contributed by atoms with Gasteiger partial charge in [-0.1, -0.05) is 12.1 Å². The first-order valence-electron chi connectivity index (χ1n) is 9.85. The molecular weight excluding hydrogens is 421 g/mol. The summed E-state index contributed by atoms with van der Waals surface area (Å²) in [5.74, 6) is 1.58. The predicted octanol–water partition coefficient (Wildman–Crippen LogP) is 3.14. The molecule has 1 atom stereocenters. The minimum absolute atomic E-state index is 0.0630. The first-order chi connectivity index (χ1) is 14.2. The van der Waals surface area contributed by atoms with Crippen molar-refractivity contribution in [2.24, 2.45) is 0 Å². The van der Waals surface area contributed by atoms with Crippen LogP contribution in [0.15, 0.2) is 29.2 Å². The quantitative estimate of drug-likeness (QED) is 0.724. The molecule has 1 unspecified atom stereocenters. The van der Waals surface area contributed by atoms with Crippen LogP contribution < -0.4 is 0 Å². The van der Waals surface area contributed by atoms with E-state index < -0.39 is 26.7 Å². The number of halogens is 3. The number of hydrogen-bond donors (Lipinski definition) is 0. The number of hydrogen-bond acceptors (Lipinski definition) is 5. The largest absolute Gasteiger partial charge is 0.417 e. The monoisotopic (exact) mass is 444 g/mol. The number of alkyl halides is 3. The Bertz CT molecular complexity index is 1020. The summed E-state index contributed by atoms with van der Waals surface area (Å²) < 4.78 is 74.4. The van der Waals surface area contributed by atoms with Crippen molar-refractivity contribution in [1.29, 1.82) is 0 Å². The SMILES string of the molecule is Cc1nc(C2CCOCC2)n(C2CCN(S(=O)(=O)c3ccccc3C(F)(F)F)C2)n1. The Morgan fingerprint density at radius 1 is 1.13 bits per heavy atom. The average Bonchev–Trinajstić information content (AvgIpc) is 3.35. The molecule has 3 heterocycles. The second-order valence-corrected chi connectivity index (χ2v) is 9.55. The Kier molecular flexibility index (Phi) is 5.62. The maximum absolute atomic E-state index is 13.4. The molecule has 30 heavy (non-hydrogen) atoms. The van der Waals surface area contributed by atoms with Crippen LogP contribution in [0.4, 0.5) is 13.2 Å². The molecule has 7 nitrogen and oxygen atoms in total. The summed E-state index contributed by atoms with van der Waals surface area (Å²) in [7, 11) is -4.29. The summed E-state index contributed by atoms with van der Waals surface area (Å²) in [4.78, 5) is 3.84. The van der Waals surface area contributed by atoms with Gasteiger partial charge in [0.25, 0.3) is 0 Å². The number of sulfonamides is 1. The predicted molar refractivity (Wildman–Crippen MR) is 101 cm³/mol. The van der Waals surface area contributed by atoms with E-state index in [1.54, 1.807) is 11.6 Å². The maximum Gasteiger partial charge on any atom is 0.417 e. The van der Waals surface area contributed by atoms with Crippen LogP contribution >= 0.6 is 0 Å². The topological polar surface area (TPSA) is 77.3 Å². The van der Waals surface area contributed by atoms with Crippen LogP contribution in [0.1, 0.15) is 48.4 Å². The molecule has 0 amide bonds. The Balaban J connectivity index is 1.60. The van der Waals surface area contributed by atoms with Crippen molar-refractivity contribution < 1.29 is 26.3 Å². The van der Waals surface area contributed by atoms with Gasteiger partial charge in [0.05, 0.1) is 16.5 Å². The zero-order valence-electron chi connectivity index (χ0n) is 16.5. The number of nitrogens with zero attached hydrogens (tertiary/aromatic N) is 4. The van der Waals surface area contributed by atoms with E-state index in [1.165, 1.54) is 12.1 Å². The van der Waals surface area contributed by atoms with Crippen LogP contribution in [0.2, 0.25) is 0 Å². The van der Waals surface area contributed by atoms with Crippen molar-refractivity contribution in [1.82, 2.24) is 19.1 Å². The van der Waals surface area contributed by atoms with E-state index in [1.807, 2.05) is 0 Å². The highest BCUT2D eigenvalue weighted by Gasteiger charge is 2.41. The second-order valence-electron chi connectivity index (χ2n) is 7.65. The fourth-order valence-corrected chi connectivity index (χ4v) is 5.85. The van der Waals surface area contributed by atoms with E-state index in [4.69, 9.17) is 4.74 Å². The Hall–Kier alpha value is -1.98. The molecule has 0 aliphatic carbocycles. The molecule has 0 bridgehead atoms. The van der Waals surface area contributed by atoms with Gasteiger partial charge in [-0.05, 0) is 38.3 Å². The minimum Gasteiger partial charge on any atom is -0.381 e. The number of benzene rings is 1. The van der Waals surface area contributed by atoms with Crippen molar-refractivity contribution in [2.45, 2.75) is 49.2 Å². The fourth-order valence-electron chi connectivity index (χ4n) is 4.14. The number of ether oxygens (including phenoxy) is 1. The number of aromatic nitrogens is 3. The molecule has 0 radical (unpaired) electrons. The van der Waals surface area contributed by atoms with Crippen LogP contribution in [0.3, 0.4) is 0 Å². The third-order valence-electron chi connectivity index (χ3n) is 5.63. The van der Waals surface area contributed by atoms with Crippen molar-refractivity contribution in [2.75, 3.05) is 26.3 Å². The van der Waals surface area contributed by atoms with Gasteiger partial charge in [0, 0.05) is 32.2 Å². The van der Waals surface area contributed by atoms with Gasteiger partial charge in [-0.25, -0.2) is 18.1 Å². The zero-order chi connectivity index (χ0) is 21.5. The number of rotatable bonds is 4. The van der Waals surface area contributed by atoms with Crippen LogP contribution in [-0.2, 0) is 20.9 Å². The van der Waals surface area contributed by atoms with Gasteiger partial charge >= 0.3 is 6.18 Å². The van der Waals surface area contributed by atoms with Gasteiger partial charge in [0.2, 0.25) is 10.0 Å². The minimum atomic E-state index is -4.75. The molecule has 2 aliphatic heterocycles. The Morgan fingerprint density at radius 2 is 1.83 bits per heavy atom. The lowest BCUT2D eigenvalue weighted by atomic mass is 9.99. The molecular formula is C19H23F3N4O3S. The third-order valence-corrected chi connectivity index (χ3v) is 7.56. The Labute approximate surface area is 172 Å². The van der Waals surface area contributed by atoms with E-state index in [2.05, 4.69) is 10.1 Å². The average molecular weight is 444 g/mol. The summed E-state index contributed by atoms with van der Waals surface area (Å²) in [5.41, 5.74) is -1.15. The van der Waals surface area contributed by atoms with E-state index in [-0.39, 0.29) is 25.0 Å². The summed E-state index contributed by atoms with van der Waals surface area (Å²) >= 11 is 0. The maximum atomic E-state index is 13.4. The first-order valence-corrected chi connectivity index (χ1v) is 11.3. The summed E-state index contributed by atoms with van der Waals surface area (Å²) in [5, 5.41) is 4.48. The lowest BCUT2D eigenvalue weighted by molar-refractivity contribution is -0.139. The zero-order valence-corrected chi connectivity index (χ0v) is 17.3. The summed E-state index contributed by atoms with van der Waals surface area (Å²) in [6, 6.07) is 4.03. The van der Waals surface area contributed by atoms with E-state index in [9.17, 15) is 21.6 Å². The van der Waals surface area contributed by atoms with Crippen LogP contribution in [0, 0.1) is 6.92 Å². The lowest BCUT2D eigenvalue weighted by Crippen LogP contribution is -2.31. The molecule has 2 saturated heterocycles. The van der Waals surface area contributed by atoms with Gasteiger partial charge in [0.15, 0.2) is 0 Å². The van der Waals surface area contributed by atoms with Gasteiger partial charge in [0.1, 0.15) is 11.6 Å². The molecule has 0 N–H and O–H groups in total. The fraction of sp³-hybridized carbons (Fsp3) is 0.579. The molecule has 2 aliphatic rings. The molecule has 11 heteroatoms. The summed E-state index contributed by atoms with van der Waals surface area (Å²) in [6.07, 6.45) is -2.66. The molecule has 1 aromatic heterocycles. The third kappa shape index (κ3) is 3.97. The highest BCUT2D eigenvalue weighted by Crippen LogP contribution is 2.37. The molecule has 1 aromatic carbocycles. The molecule has 0 spiro atoms. The second kappa shape index (κ2) is 7.93. The standard InChI is InChI=1S/C19H23F3N4O3S/c1-13-23-18(14-7-10-29-11-8-14)26(24-13)15-6-9-25(12-15)30(27,28)17-5-3-2-4-16(17)19(20,21)22/h2-5,14-15H,6-12H2,1H3. The highest BCUT2D eigenvalue weighted by molar-refractivity contribution is 7.89. The van der Waals surface area contributed by atoms with Crippen molar-refractivity contribution >= 4 is 10.0 Å². The lowest BCUT2D eigenvalue weighted by Gasteiger charge is -2.24. The van der Waals surface area contributed by atoms with Gasteiger partial charge < -0.3 is 4.74 Å². The van der Waals surface area contributed by atoms with Crippen molar-refractivity contribution in [3.63, 3.8) is 0 Å². The Morgan fingerprint density at radius 3 is 2.53 bits per heavy atom. The van der Waals surface area contributed by atoms with E-state index >= 15 is 0 Å². The first kappa shape index (κ1) is 21.3. The van der Waals surface area contributed by atoms with Crippen molar-refractivity contribution in [3.8, 4) is 0 Å².